The van der Waals surface area contributed by atoms with Crippen molar-refractivity contribution < 1.29 is 4.79 Å². The molecule has 6 heteroatoms. The van der Waals surface area contributed by atoms with Crippen molar-refractivity contribution in [3.8, 4) is 5.69 Å². The van der Waals surface area contributed by atoms with Gasteiger partial charge in [0, 0.05) is 5.69 Å². The molecule has 5 N–H and O–H groups in total. The molecule has 5 nitrogen and oxygen atoms in total. The SMILES string of the molecule is Cc1ccc(-n2c(N)c(C(N)=O)[nH]c2=S)cc1. The second kappa shape index (κ2) is 4.06. The second-order valence-electron chi connectivity index (χ2n) is 3.73. The number of imidazole rings is 1. The Morgan fingerprint density at radius 2 is 1.94 bits per heavy atom. The molecule has 0 saturated heterocycles. The Balaban J connectivity index is 2.64. The number of nitrogen functional groups attached to an aromatic ring is 1. The number of nitrogens with one attached hydrogen (secondary N) is 1. The van der Waals surface area contributed by atoms with Crippen molar-refractivity contribution in [2.24, 2.45) is 5.73 Å². The fourth-order valence-corrected chi connectivity index (χ4v) is 1.89. The smallest absolute Gasteiger partial charge is 0.268 e. The molecular formula is C11H12N4OS. The number of aromatic amines is 1. The topological polar surface area (TPSA) is 89.8 Å². The maximum atomic E-state index is 11.1. The molecule has 0 saturated carbocycles. The van der Waals surface area contributed by atoms with Crippen molar-refractivity contribution in [1.29, 1.82) is 0 Å². The van der Waals surface area contributed by atoms with Crippen LogP contribution in [0, 0.1) is 11.7 Å². The van der Waals surface area contributed by atoms with Crippen molar-refractivity contribution >= 4 is 23.9 Å². The highest BCUT2D eigenvalue weighted by atomic mass is 32.1. The minimum Gasteiger partial charge on any atom is -0.383 e. The number of aryl methyl sites for hydroxylation is 1. The lowest BCUT2D eigenvalue weighted by Gasteiger charge is -2.05. The third-order valence-corrected chi connectivity index (χ3v) is 2.76. The van der Waals surface area contributed by atoms with Crippen LogP contribution >= 0.6 is 12.2 Å². The van der Waals surface area contributed by atoms with E-state index in [0.717, 1.165) is 11.3 Å². The van der Waals surface area contributed by atoms with Crippen molar-refractivity contribution in [2.75, 3.05) is 5.73 Å². The highest BCUT2D eigenvalue weighted by Gasteiger charge is 2.14. The van der Waals surface area contributed by atoms with E-state index in [2.05, 4.69) is 4.98 Å². The molecule has 1 aromatic carbocycles. The van der Waals surface area contributed by atoms with Gasteiger partial charge < -0.3 is 16.5 Å². The van der Waals surface area contributed by atoms with Crippen molar-refractivity contribution in [3.63, 3.8) is 0 Å². The number of nitrogens with two attached hydrogens (primary N) is 2. The van der Waals surface area contributed by atoms with E-state index in [1.54, 1.807) is 4.57 Å². The zero-order chi connectivity index (χ0) is 12.6. The van der Waals surface area contributed by atoms with E-state index < -0.39 is 5.91 Å². The number of carbonyl (C=O) groups is 1. The van der Waals surface area contributed by atoms with Gasteiger partial charge >= 0.3 is 0 Å². The maximum Gasteiger partial charge on any atom is 0.268 e. The number of nitrogens with zero attached hydrogens (tertiary/aromatic N) is 1. The van der Waals surface area contributed by atoms with E-state index >= 15 is 0 Å². The number of aromatic nitrogens is 2. The summed E-state index contributed by atoms with van der Waals surface area (Å²) in [6, 6.07) is 7.63. The molecule has 0 aliphatic carbocycles. The lowest BCUT2D eigenvalue weighted by atomic mass is 10.2. The van der Waals surface area contributed by atoms with Gasteiger partial charge in [0.05, 0.1) is 0 Å². The van der Waals surface area contributed by atoms with Gasteiger partial charge in [-0.1, -0.05) is 17.7 Å². The van der Waals surface area contributed by atoms with Crippen LogP contribution in [0.2, 0.25) is 0 Å². The Kier molecular flexibility index (Phi) is 2.72. The first-order chi connectivity index (χ1) is 8.00. The van der Waals surface area contributed by atoms with E-state index in [9.17, 15) is 4.79 Å². The number of anilines is 1. The number of H-pyrrole nitrogens is 1. The molecule has 88 valence electrons. The van der Waals surface area contributed by atoms with Gasteiger partial charge in [0.1, 0.15) is 11.5 Å². The first-order valence-corrected chi connectivity index (χ1v) is 5.39. The van der Waals surface area contributed by atoms with Gasteiger partial charge in [-0.3, -0.25) is 9.36 Å². The number of amides is 1. The Morgan fingerprint density at radius 1 is 1.35 bits per heavy atom. The molecule has 1 aromatic heterocycles. The molecule has 17 heavy (non-hydrogen) atoms. The average Bonchev–Trinajstić information content (AvgIpc) is 2.56. The van der Waals surface area contributed by atoms with Crippen LogP contribution in [0.3, 0.4) is 0 Å². The predicted octanol–water partition coefficient (Wildman–Crippen LogP) is 1.52. The zero-order valence-corrected chi connectivity index (χ0v) is 10.0. The average molecular weight is 248 g/mol. The highest BCUT2D eigenvalue weighted by Crippen LogP contribution is 2.18. The third kappa shape index (κ3) is 1.94. The lowest BCUT2D eigenvalue weighted by molar-refractivity contribution is 0.0997. The van der Waals surface area contributed by atoms with Crippen LogP contribution in [0.1, 0.15) is 16.1 Å². The van der Waals surface area contributed by atoms with E-state index in [4.69, 9.17) is 23.7 Å². The van der Waals surface area contributed by atoms with Crippen molar-refractivity contribution in [2.45, 2.75) is 6.92 Å². The number of carbonyl (C=O) groups excluding carboxylic acids is 1. The normalized spacial score (nSPS) is 10.4. The number of rotatable bonds is 2. The van der Waals surface area contributed by atoms with Crippen LogP contribution in [0.15, 0.2) is 24.3 Å². The monoisotopic (exact) mass is 248 g/mol. The molecule has 0 fully saturated rings. The van der Waals surface area contributed by atoms with Gasteiger partial charge in [0.25, 0.3) is 5.91 Å². The summed E-state index contributed by atoms with van der Waals surface area (Å²) in [5.41, 5.74) is 13.1. The molecule has 0 bridgehead atoms. The summed E-state index contributed by atoms with van der Waals surface area (Å²) in [5, 5.41) is 0. The van der Waals surface area contributed by atoms with Gasteiger partial charge in [-0.25, -0.2) is 0 Å². The van der Waals surface area contributed by atoms with Gasteiger partial charge in [-0.2, -0.15) is 0 Å². The van der Waals surface area contributed by atoms with Gasteiger partial charge in [0.15, 0.2) is 4.77 Å². The van der Waals surface area contributed by atoms with Crippen LogP contribution in [0.5, 0.6) is 0 Å². The van der Waals surface area contributed by atoms with Crippen LogP contribution < -0.4 is 11.5 Å². The first-order valence-electron chi connectivity index (χ1n) is 4.98. The van der Waals surface area contributed by atoms with Crippen LogP contribution in [-0.2, 0) is 0 Å². The van der Waals surface area contributed by atoms with Crippen molar-refractivity contribution in [1.82, 2.24) is 9.55 Å². The molecule has 0 atom stereocenters. The molecule has 2 aromatic rings. The third-order valence-electron chi connectivity index (χ3n) is 2.47. The molecule has 2 rings (SSSR count). The first kappa shape index (κ1) is 11.4. The standard InChI is InChI=1S/C11H12N4OS/c1-6-2-4-7(5-3-6)15-9(12)8(10(13)16)14-11(15)17/h2-5H,12H2,1H3,(H2,13,16)(H,14,17). The number of primary amides is 1. The fraction of sp³-hybridized carbons (Fsp3) is 0.0909. The summed E-state index contributed by atoms with van der Waals surface area (Å²) >= 11 is 5.11. The number of hydrogen-bond acceptors (Lipinski definition) is 3. The summed E-state index contributed by atoms with van der Waals surface area (Å²) in [6.45, 7) is 1.98. The zero-order valence-electron chi connectivity index (χ0n) is 9.23. The number of hydrogen-bond donors (Lipinski definition) is 3. The lowest BCUT2D eigenvalue weighted by Crippen LogP contribution is -2.14. The summed E-state index contributed by atoms with van der Waals surface area (Å²) < 4.78 is 1.93. The van der Waals surface area contributed by atoms with Gasteiger partial charge in [-0.05, 0) is 31.3 Å². The highest BCUT2D eigenvalue weighted by molar-refractivity contribution is 7.71. The molecular weight excluding hydrogens is 236 g/mol. The van der Waals surface area contributed by atoms with E-state index in [1.807, 2.05) is 31.2 Å². The molecule has 0 unspecified atom stereocenters. The quantitative estimate of drug-likeness (QED) is 0.704. The van der Waals surface area contributed by atoms with Gasteiger partial charge in [-0.15, -0.1) is 0 Å². The Hall–Kier alpha value is -2.08. The minimum atomic E-state index is -0.625. The number of benzene rings is 1. The maximum absolute atomic E-state index is 11.1. The van der Waals surface area contributed by atoms with Crippen LogP contribution in [0.25, 0.3) is 5.69 Å². The van der Waals surface area contributed by atoms with E-state index in [0.29, 0.717) is 4.77 Å². The van der Waals surface area contributed by atoms with Crippen molar-refractivity contribution in [3.05, 3.63) is 40.3 Å². The fourth-order valence-electron chi connectivity index (χ4n) is 1.59. The predicted molar refractivity (Wildman–Crippen MR) is 68.6 cm³/mol. The molecule has 0 aliphatic heterocycles. The molecule has 1 amide bonds. The van der Waals surface area contributed by atoms with Crippen LogP contribution in [0.4, 0.5) is 5.82 Å². The van der Waals surface area contributed by atoms with E-state index in [1.165, 1.54) is 0 Å². The largest absolute Gasteiger partial charge is 0.383 e. The summed E-state index contributed by atoms with van der Waals surface area (Å²) in [5.74, 6) is -0.397. The Labute approximate surface area is 103 Å². The minimum absolute atomic E-state index is 0.135. The summed E-state index contributed by atoms with van der Waals surface area (Å²) in [7, 11) is 0. The molecule has 0 aliphatic rings. The second-order valence-corrected chi connectivity index (χ2v) is 4.11. The summed E-state index contributed by atoms with van der Waals surface area (Å²) in [6.07, 6.45) is 0. The molecule has 0 radical (unpaired) electrons. The Morgan fingerprint density at radius 3 is 2.41 bits per heavy atom. The molecule has 1 heterocycles. The van der Waals surface area contributed by atoms with Crippen LogP contribution in [-0.4, -0.2) is 15.5 Å². The Bertz CT molecular complexity index is 624. The summed E-state index contributed by atoms with van der Waals surface area (Å²) in [4.78, 5) is 13.8. The molecule has 0 spiro atoms. The van der Waals surface area contributed by atoms with Gasteiger partial charge in [0.2, 0.25) is 0 Å². The van der Waals surface area contributed by atoms with E-state index in [-0.39, 0.29) is 11.5 Å².